The average Bonchev–Trinajstić information content (AvgIpc) is 3.30. The predicted molar refractivity (Wildman–Crippen MR) is 82.9 cm³/mol. The van der Waals surface area contributed by atoms with Crippen molar-refractivity contribution < 1.29 is 4.74 Å². The molecule has 0 aromatic heterocycles. The van der Waals surface area contributed by atoms with Gasteiger partial charge in [-0.25, -0.2) is 0 Å². The highest BCUT2D eigenvalue weighted by atomic mass is 16.5. The first-order valence-electron chi connectivity index (χ1n) is 8.00. The molecule has 3 nitrogen and oxygen atoms in total. The molecule has 3 heteroatoms. The highest BCUT2D eigenvalue weighted by Crippen LogP contribution is 2.33. The number of hydrogen-bond donors (Lipinski definition) is 1. The molecule has 2 aliphatic rings. The van der Waals surface area contributed by atoms with Gasteiger partial charge in [-0.15, -0.1) is 0 Å². The molecule has 0 bridgehead atoms. The lowest BCUT2D eigenvalue weighted by molar-refractivity contribution is 0.221. The van der Waals surface area contributed by atoms with E-state index in [1.807, 2.05) is 24.3 Å². The van der Waals surface area contributed by atoms with Gasteiger partial charge in [-0.05, 0) is 56.1 Å². The van der Waals surface area contributed by atoms with Crippen LogP contribution in [0.15, 0.2) is 24.3 Å². The molecular weight excluding hydrogens is 248 g/mol. The second-order valence-corrected chi connectivity index (χ2v) is 6.42. The lowest BCUT2D eigenvalue weighted by Crippen LogP contribution is -2.30. The van der Waals surface area contributed by atoms with E-state index in [0.29, 0.717) is 0 Å². The Morgan fingerprint density at radius 3 is 2.40 bits per heavy atom. The van der Waals surface area contributed by atoms with Gasteiger partial charge >= 0.3 is 0 Å². The molecule has 2 N–H and O–H groups in total. The Morgan fingerprint density at radius 2 is 1.80 bits per heavy atom. The first kappa shape index (κ1) is 13.7. The summed E-state index contributed by atoms with van der Waals surface area (Å²) in [5.74, 6) is 2.87. The monoisotopic (exact) mass is 274 g/mol. The van der Waals surface area contributed by atoms with Crippen LogP contribution in [0.25, 0.3) is 0 Å². The van der Waals surface area contributed by atoms with Crippen molar-refractivity contribution in [2.24, 2.45) is 11.8 Å². The largest absolute Gasteiger partial charge is 0.493 e. The van der Waals surface area contributed by atoms with Crippen molar-refractivity contribution in [2.45, 2.75) is 32.1 Å². The van der Waals surface area contributed by atoms with E-state index >= 15 is 0 Å². The Morgan fingerprint density at radius 1 is 1.10 bits per heavy atom. The fourth-order valence-corrected chi connectivity index (χ4v) is 2.67. The van der Waals surface area contributed by atoms with Gasteiger partial charge in [-0.3, -0.25) is 0 Å². The van der Waals surface area contributed by atoms with E-state index in [1.54, 1.807) is 0 Å². The van der Waals surface area contributed by atoms with Gasteiger partial charge in [0.2, 0.25) is 0 Å². The van der Waals surface area contributed by atoms with E-state index in [0.717, 1.165) is 36.3 Å². The van der Waals surface area contributed by atoms with E-state index < -0.39 is 0 Å². The molecular formula is C17H26N2O. The summed E-state index contributed by atoms with van der Waals surface area (Å²) >= 11 is 0. The van der Waals surface area contributed by atoms with Gasteiger partial charge in [0, 0.05) is 31.4 Å². The Hall–Kier alpha value is -1.22. The van der Waals surface area contributed by atoms with E-state index in [1.165, 1.54) is 45.3 Å². The zero-order valence-electron chi connectivity index (χ0n) is 12.3. The second-order valence-electron chi connectivity index (χ2n) is 6.42. The highest BCUT2D eigenvalue weighted by molar-refractivity contribution is 5.43. The standard InChI is InChI=1S/C17H26N2O/c18-16-3-1-4-17(11-16)20-10-2-9-19(12-14-5-6-14)13-15-7-8-15/h1,3-4,11,14-15H,2,5-10,12-13,18H2. The predicted octanol–water partition coefficient (Wildman–Crippen LogP) is 3.16. The van der Waals surface area contributed by atoms with Crippen LogP contribution in [0.5, 0.6) is 5.75 Å². The first-order valence-corrected chi connectivity index (χ1v) is 8.00. The summed E-state index contributed by atoms with van der Waals surface area (Å²) in [7, 11) is 0. The Kier molecular flexibility index (Phi) is 4.46. The summed E-state index contributed by atoms with van der Waals surface area (Å²) in [5.41, 5.74) is 6.52. The highest BCUT2D eigenvalue weighted by Gasteiger charge is 2.28. The third kappa shape index (κ3) is 4.71. The number of rotatable bonds is 9. The SMILES string of the molecule is Nc1cccc(OCCCN(CC2CC2)CC2CC2)c1. The molecule has 0 amide bonds. The van der Waals surface area contributed by atoms with Crippen LogP contribution in [-0.4, -0.2) is 31.1 Å². The van der Waals surface area contributed by atoms with Crippen LogP contribution < -0.4 is 10.5 Å². The minimum atomic E-state index is 0.770. The number of anilines is 1. The maximum Gasteiger partial charge on any atom is 0.121 e. The quantitative estimate of drug-likeness (QED) is 0.555. The van der Waals surface area contributed by atoms with Crippen molar-refractivity contribution in [2.75, 3.05) is 32.0 Å². The van der Waals surface area contributed by atoms with Gasteiger partial charge in [0.25, 0.3) is 0 Å². The van der Waals surface area contributed by atoms with Crippen LogP contribution in [-0.2, 0) is 0 Å². The summed E-state index contributed by atoms with van der Waals surface area (Å²) < 4.78 is 5.77. The molecule has 1 aromatic carbocycles. The van der Waals surface area contributed by atoms with Gasteiger partial charge in [-0.1, -0.05) is 6.07 Å². The normalized spacial score (nSPS) is 18.4. The lowest BCUT2D eigenvalue weighted by atomic mass is 10.3. The molecule has 2 aliphatic carbocycles. The third-order valence-corrected chi connectivity index (χ3v) is 4.17. The molecule has 0 heterocycles. The smallest absolute Gasteiger partial charge is 0.121 e. The van der Waals surface area contributed by atoms with E-state index in [9.17, 15) is 0 Å². The lowest BCUT2D eigenvalue weighted by Gasteiger charge is -2.22. The summed E-state index contributed by atoms with van der Waals surface area (Å²) in [5, 5.41) is 0. The molecule has 0 atom stereocenters. The van der Waals surface area contributed by atoms with Crippen molar-refractivity contribution >= 4 is 5.69 Å². The average molecular weight is 274 g/mol. The first-order chi connectivity index (χ1) is 9.79. The second kappa shape index (κ2) is 6.49. The number of nitrogens with two attached hydrogens (primary N) is 1. The van der Waals surface area contributed by atoms with Gasteiger partial charge in [0.1, 0.15) is 5.75 Å². The summed E-state index contributed by atoms with van der Waals surface area (Å²) in [6, 6.07) is 7.70. The molecule has 0 saturated heterocycles. The number of nitrogens with zero attached hydrogens (tertiary/aromatic N) is 1. The zero-order valence-corrected chi connectivity index (χ0v) is 12.3. The third-order valence-electron chi connectivity index (χ3n) is 4.17. The molecule has 3 rings (SSSR count). The zero-order chi connectivity index (χ0) is 13.8. The van der Waals surface area contributed by atoms with Crippen molar-refractivity contribution in [3.63, 3.8) is 0 Å². The number of hydrogen-bond acceptors (Lipinski definition) is 3. The minimum Gasteiger partial charge on any atom is -0.493 e. The molecule has 1 aromatic rings. The molecule has 0 unspecified atom stereocenters. The van der Waals surface area contributed by atoms with Crippen LogP contribution in [0.2, 0.25) is 0 Å². The number of ether oxygens (including phenoxy) is 1. The van der Waals surface area contributed by atoms with Crippen LogP contribution >= 0.6 is 0 Å². The van der Waals surface area contributed by atoms with Gasteiger partial charge in [0.05, 0.1) is 6.61 Å². The fraction of sp³-hybridized carbons (Fsp3) is 0.647. The summed E-state index contributed by atoms with van der Waals surface area (Å²) in [6.45, 7) is 4.59. The molecule has 110 valence electrons. The van der Waals surface area contributed by atoms with E-state index in [-0.39, 0.29) is 0 Å². The van der Waals surface area contributed by atoms with Gasteiger partial charge in [-0.2, -0.15) is 0 Å². The van der Waals surface area contributed by atoms with Crippen molar-refractivity contribution in [3.8, 4) is 5.75 Å². The van der Waals surface area contributed by atoms with Crippen molar-refractivity contribution in [1.29, 1.82) is 0 Å². The summed E-state index contributed by atoms with van der Waals surface area (Å²) in [4.78, 5) is 2.66. The molecule has 2 fully saturated rings. The molecule has 0 radical (unpaired) electrons. The molecule has 20 heavy (non-hydrogen) atoms. The Labute approximate surface area is 122 Å². The van der Waals surface area contributed by atoms with E-state index in [4.69, 9.17) is 10.5 Å². The van der Waals surface area contributed by atoms with Crippen LogP contribution in [0.4, 0.5) is 5.69 Å². The fourth-order valence-electron chi connectivity index (χ4n) is 2.67. The Balaban J connectivity index is 1.36. The molecule has 2 saturated carbocycles. The topological polar surface area (TPSA) is 38.5 Å². The maximum atomic E-state index is 5.77. The van der Waals surface area contributed by atoms with Crippen LogP contribution in [0.3, 0.4) is 0 Å². The van der Waals surface area contributed by atoms with Gasteiger partial charge < -0.3 is 15.4 Å². The number of nitrogen functional groups attached to an aromatic ring is 1. The van der Waals surface area contributed by atoms with Crippen LogP contribution in [0, 0.1) is 11.8 Å². The van der Waals surface area contributed by atoms with E-state index in [2.05, 4.69) is 4.90 Å². The Bertz CT molecular complexity index is 413. The van der Waals surface area contributed by atoms with Gasteiger partial charge in [0.15, 0.2) is 0 Å². The van der Waals surface area contributed by atoms with Crippen LogP contribution in [0.1, 0.15) is 32.1 Å². The van der Waals surface area contributed by atoms with Crippen molar-refractivity contribution in [3.05, 3.63) is 24.3 Å². The number of benzene rings is 1. The molecule has 0 aliphatic heterocycles. The summed E-state index contributed by atoms with van der Waals surface area (Å²) in [6.07, 6.45) is 6.89. The maximum absolute atomic E-state index is 5.77. The minimum absolute atomic E-state index is 0.770. The molecule has 0 spiro atoms. The van der Waals surface area contributed by atoms with Crippen molar-refractivity contribution in [1.82, 2.24) is 4.90 Å².